The standard InChI is InChI=1S/C10H11F2NO/c1-10(11,12)6-9(14)7-2-4-8(13)5-3-7/h2-5H,6,13H2,1H3. The van der Waals surface area contributed by atoms with Crippen molar-refractivity contribution in [3.05, 3.63) is 29.8 Å². The number of anilines is 1. The Morgan fingerprint density at radius 2 is 1.86 bits per heavy atom. The molecule has 1 aromatic carbocycles. The quantitative estimate of drug-likeness (QED) is 0.600. The van der Waals surface area contributed by atoms with Crippen LogP contribution in [-0.2, 0) is 0 Å². The van der Waals surface area contributed by atoms with Crippen molar-refractivity contribution in [3.8, 4) is 0 Å². The van der Waals surface area contributed by atoms with Gasteiger partial charge in [0.25, 0.3) is 5.92 Å². The third-order valence-corrected chi connectivity index (χ3v) is 1.70. The van der Waals surface area contributed by atoms with Crippen LogP contribution in [0.3, 0.4) is 0 Å². The van der Waals surface area contributed by atoms with Gasteiger partial charge in [0.1, 0.15) is 0 Å². The van der Waals surface area contributed by atoms with Crippen molar-refractivity contribution in [3.63, 3.8) is 0 Å². The van der Waals surface area contributed by atoms with Crippen LogP contribution in [0.25, 0.3) is 0 Å². The first-order valence-corrected chi connectivity index (χ1v) is 4.15. The molecule has 76 valence electrons. The van der Waals surface area contributed by atoms with Gasteiger partial charge in [0.2, 0.25) is 0 Å². The number of carbonyl (C=O) groups excluding carboxylic acids is 1. The second-order valence-electron chi connectivity index (χ2n) is 3.29. The van der Waals surface area contributed by atoms with E-state index in [4.69, 9.17) is 5.73 Å². The molecule has 0 heterocycles. The number of halogens is 2. The van der Waals surface area contributed by atoms with Gasteiger partial charge in [-0.25, -0.2) is 8.78 Å². The van der Waals surface area contributed by atoms with Gasteiger partial charge in [-0.2, -0.15) is 0 Å². The third-order valence-electron chi connectivity index (χ3n) is 1.70. The average molecular weight is 199 g/mol. The summed E-state index contributed by atoms with van der Waals surface area (Å²) in [6.07, 6.45) is -0.767. The SMILES string of the molecule is CC(F)(F)CC(=O)c1ccc(N)cc1. The van der Waals surface area contributed by atoms with Gasteiger partial charge < -0.3 is 5.73 Å². The summed E-state index contributed by atoms with van der Waals surface area (Å²) in [4.78, 5) is 11.3. The van der Waals surface area contributed by atoms with Crippen LogP contribution < -0.4 is 5.73 Å². The van der Waals surface area contributed by atoms with E-state index in [2.05, 4.69) is 0 Å². The molecule has 0 bridgehead atoms. The Labute approximate surface area is 80.7 Å². The van der Waals surface area contributed by atoms with E-state index < -0.39 is 18.1 Å². The van der Waals surface area contributed by atoms with E-state index in [9.17, 15) is 13.6 Å². The maximum Gasteiger partial charge on any atom is 0.252 e. The summed E-state index contributed by atoms with van der Waals surface area (Å²) in [5.74, 6) is -3.53. The number of hydrogen-bond donors (Lipinski definition) is 1. The molecule has 0 amide bonds. The van der Waals surface area contributed by atoms with Crippen LogP contribution in [0.1, 0.15) is 23.7 Å². The Bertz CT molecular complexity index is 327. The highest BCUT2D eigenvalue weighted by molar-refractivity contribution is 5.96. The molecule has 14 heavy (non-hydrogen) atoms. The molecule has 0 saturated carbocycles. The maximum atomic E-state index is 12.5. The maximum absolute atomic E-state index is 12.5. The Morgan fingerprint density at radius 1 is 1.36 bits per heavy atom. The highest BCUT2D eigenvalue weighted by atomic mass is 19.3. The monoisotopic (exact) mass is 199 g/mol. The number of Topliss-reactive ketones (excluding diaryl/α,β-unsaturated/α-hetero) is 1. The van der Waals surface area contributed by atoms with Crippen molar-refractivity contribution in [2.45, 2.75) is 19.3 Å². The van der Waals surface area contributed by atoms with Crippen molar-refractivity contribution in [2.24, 2.45) is 0 Å². The molecule has 0 spiro atoms. The fourth-order valence-corrected chi connectivity index (χ4v) is 1.05. The number of carbonyl (C=O) groups is 1. The zero-order valence-electron chi connectivity index (χ0n) is 7.76. The van der Waals surface area contributed by atoms with Gasteiger partial charge >= 0.3 is 0 Å². The molecule has 0 unspecified atom stereocenters. The molecular formula is C10H11F2NO. The van der Waals surface area contributed by atoms with E-state index >= 15 is 0 Å². The highest BCUT2D eigenvalue weighted by Gasteiger charge is 2.25. The molecule has 0 fully saturated rings. The number of alkyl halides is 2. The molecule has 0 aliphatic rings. The molecular weight excluding hydrogens is 188 g/mol. The fourth-order valence-electron chi connectivity index (χ4n) is 1.05. The summed E-state index contributed by atoms with van der Waals surface area (Å²) in [5, 5.41) is 0. The van der Waals surface area contributed by atoms with E-state index in [1.54, 1.807) is 0 Å². The van der Waals surface area contributed by atoms with E-state index in [1.165, 1.54) is 24.3 Å². The van der Waals surface area contributed by atoms with Gasteiger partial charge in [0.05, 0.1) is 6.42 Å². The fraction of sp³-hybridized carbons (Fsp3) is 0.300. The van der Waals surface area contributed by atoms with Crippen LogP contribution in [0.4, 0.5) is 14.5 Å². The first kappa shape index (κ1) is 10.6. The van der Waals surface area contributed by atoms with Crippen LogP contribution in [0.5, 0.6) is 0 Å². The second kappa shape index (κ2) is 3.74. The number of benzene rings is 1. The topological polar surface area (TPSA) is 43.1 Å². The zero-order valence-corrected chi connectivity index (χ0v) is 7.76. The molecule has 4 heteroatoms. The van der Waals surface area contributed by atoms with E-state index in [1.807, 2.05) is 0 Å². The second-order valence-corrected chi connectivity index (χ2v) is 3.29. The Kier molecular flexibility index (Phi) is 2.84. The lowest BCUT2D eigenvalue weighted by Gasteiger charge is -2.08. The molecule has 2 nitrogen and oxygen atoms in total. The molecule has 0 aliphatic heterocycles. The predicted molar refractivity (Wildman–Crippen MR) is 50.4 cm³/mol. The van der Waals surface area contributed by atoms with Crippen LogP contribution in [-0.4, -0.2) is 11.7 Å². The minimum atomic E-state index is -2.96. The van der Waals surface area contributed by atoms with Gasteiger partial charge in [0, 0.05) is 11.3 Å². The molecule has 0 aromatic heterocycles. The van der Waals surface area contributed by atoms with E-state index in [0.29, 0.717) is 5.69 Å². The molecule has 1 aromatic rings. The number of nitrogen functional groups attached to an aromatic ring is 1. The minimum Gasteiger partial charge on any atom is -0.399 e. The average Bonchev–Trinajstić information content (AvgIpc) is 2.02. The smallest absolute Gasteiger partial charge is 0.252 e. The van der Waals surface area contributed by atoms with Gasteiger partial charge in [-0.3, -0.25) is 4.79 Å². The Balaban J connectivity index is 2.76. The van der Waals surface area contributed by atoms with Crippen LogP contribution in [0.15, 0.2) is 24.3 Å². The summed E-state index contributed by atoms with van der Waals surface area (Å²) >= 11 is 0. The van der Waals surface area contributed by atoms with Crippen molar-refractivity contribution < 1.29 is 13.6 Å². The van der Waals surface area contributed by atoms with Gasteiger partial charge in [-0.15, -0.1) is 0 Å². The van der Waals surface area contributed by atoms with Crippen molar-refractivity contribution >= 4 is 11.5 Å². The number of nitrogens with two attached hydrogens (primary N) is 1. The molecule has 1 rings (SSSR count). The van der Waals surface area contributed by atoms with Crippen molar-refractivity contribution in [2.75, 3.05) is 5.73 Å². The van der Waals surface area contributed by atoms with Crippen LogP contribution in [0, 0.1) is 0 Å². The number of ketones is 1. The summed E-state index contributed by atoms with van der Waals surface area (Å²) in [6.45, 7) is 0.724. The van der Waals surface area contributed by atoms with Crippen LogP contribution >= 0.6 is 0 Å². The normalized spacial score (nSPS) is 11.4. The first-order chi connectivity index (χ1) is 6.38. The first-order valence-electron chi connectivity index (χ1n) is 4.15. The summed E-state index contributed by atoms with van der Waals surface area (Å²) in [6, 6.07) is 5.93. The zero-order chi connectivity index (χ0) is 10.8. The minimum absolute atomic E-state index is 0.265. The third kappa shape index (κ3) is 3.12. The summed E-state index contributed by atoms with van der Waals surface area (Å²) in [7, 11) is 0. The molecule has 0 aliphatic carbocycles. The molecule has 0 saturated heterocycles. The van der Waals surface area contributed by atoms with Crippen molar-refractivity contribution in [1.82, 2.24) is 0 Å². The van der Waals surface area contributed by atoms with Gasteiger partial charge in [0.15, 0.2) is 5.78 Å². The molecule has 0 atom stereocenters. The van der Waals surface area contributed by atoms with Gasteiger partial charge in [-0.05, 0) is 31.2 Å². The number of hydrogen-bond acceptors (Lipinski definition) is 2. The molecule has 0 radical (unpaired) electrons. The predicted octanol–water partition coefficient (Wildman–Crippen LogP) is 2.50. The summed E-state index contributed by atoms with van der Waals surface area (Å²) in [5.41, 5.74) is 6.16. The van der Waals surface area contributed by atoms with Gasteiger partial charge in [-0.1, -0.05) is 0 Å². The van der Waals surface area contributed by atoms with E-state index in [0.717, 1.165) is 6.92 Å². The number of rotatable bonds is 3. The lowest BCUT2D eigenvalue weighted by Crippen LogP contribution is -2.16. The lowest BCUT2D eigenvalue weighted by molar-refractivity contribution is 0.0156. The lowest BCUT2D eigenvalue weighted by atomic mass is 10.1. The van der Waals surface area contributed by atoms with Crippen LogP contribution in [0.2, 0.25) is 0 Å². The highest BCUT2D eigenvalue weighted by Crippen LogP contribution is 2.20. The van der Waals surface area contributed by atoms with E-state index in [-0.39, 0.29) is 5.56 Å². The molecule has 2 N–H and O–H groups in total. The Hall–Kier alpha value is -1.45. The Morgan fingerprint density at radius 3 is 2.29 bits per heavy atom. The summed E-state index contributed by atoms with van der Waals surface area (Å²) < 4.78 is 25.0. The largest absolute Gasteiger partial charge is 0.399 e. The van der Waals surface area contributed by atoms with Crippen molar-refractivity contribution in [1.29, 1.82) is 0 Å².